The molecule has 1 aliphatic heterocycles. The number of hydrogen-bond donors (Lipinski definition) is 1. The normalized spacial score (nSPS) is 29.6. The van der Waals surface area contributed by atoms with Gasteiger partial charge in [-0.2, -0.15) is 0 Å². The van der Waals surface area contributed by atoms with Gasteiger partial charge in [0, 0.05) is 29.1 Å². The van der Waals surface area contributed by atoms with Gasteiger partial charge >= 0.3 is 5.97 Å². The Morgan fingerprint density at radius 3 is 3.00 bits per heavy atom. The summed E-state index contributed by atoms with van der Waals surface area (Å²) in [6.07, 6.45) is 2.90. The number of likely N-dealkylation sites (tertiary alicyclic amines) is 1. The number of rotatable bonds is 3. The summed E-state index contributed by atoms with van der Waals surface area (Å²) >= 11 is 9.65. The van der Waals surface area contributed by atoms with Gasteiger partial charge in [0.1, 0.15) is 0 Å². The van der Waals surface area contributed by atoms with Crippen molar-refractivity contribution in [3.63, 3.8) is 0 Å². The molecule has 3 nitrogen and oxygen atoms in total. The first-order valence-electron chi connectivity index (χ1n) is 6.91. The first-order chi connectivity index (χ1) is 9.51. The highest BCUT2D eigenvalue weighted by Gasteiger charge is 2.54. The molecule has 1 saturated heterocycles. The van der Waals surface area contributed by atoms with Crippen LogP contribution >= 0.6 is 27.5 Å². The molecule has 1 aromatic rings. The summed E-state index contributed by atoms with van der Waals surface area (Å²) in [4.78, 5) is 13.9. The zero-order valence-electron chi connectivity index (χ0n) is 11.1. The van der Waals surface area contributed by atoms with Crippen LogP contribution in [-0.2, 0) is 11.3 Å². The van der Waals surface area contributed by atoms with Crippen molar-refractivity contribution in [1.29, 1.82) is 0 Å². The Balaban J connectivity index is 1.76. The van der Waals surface area contributed by atoms with E-state index in [9.17, 15) is 9.90 Å². The lowest BCUT2D eigenvalue weighted by Crippen LogP contribution is -2.35. The second-order valence-electron chi connectivity index (χ2n) is 5.96. The van der Waals surface area contributed by atoms with Crippen LogP contribution in [0, 0.1) is 11.3 Å². The maximum Gasteiger partial charge on any atom is 0.311 e. The number of nitrogens with zero attached hydrogens (tertiary/aromatic N) is 1. The van der Waals surface area contributed by atoms with E-state index in [-0.39, 0.29) is 0 Å². The molecule has 3 rings (SSSR count). The van der Waals surface area contributed by atoms with E-state index in [2.05, 4.69) is 20.8 Å². The lowest BCUT2D eigenvalue weighted by atomic mass is 9.81. The maximum absolute atomic E-state index is 11.7. The third-order valence-corrected chi connectivity index (χ3v) is 5.62. The Kier molecular flexibility index (Phi) is 3.82. The van der Waals surface area contributed by atoms with Gasteiger partial charge in [-0.25, -0.2) is 0 Å². The number of hydrogen-bond acceptors (Lipinski definition) is 2. The molecule has 2 aliphatic rings. The second-order valence-corrected chi connectivity index (χ2v) is 7.28. The van der Waals surface area contributed by atoms with Crippen LogP contribution in [-0.4, -0.2) is 29.1 Å². The van der Waals surface area contributed by atoms with Crippen LogP contribution in [0.1, 0.15) is 24.8 Å². The first-order valence-corrected chi connectivity index (χ1v) is 8.08. The van der Waals surface area contributed by atoms with Gasteiger partial charge in [0.15, 0.2) is 0 Å². The molecule has 20 heavy (non-hydrogen) atoms. The van der Waals surface area contributed by atoms with Crippen LogP contribution in [0.3, 0.4) is 0 Å². The topological polar surface area (TPSA) is 40.5 Å². The van der Waals surface area contributed by atoms with Crippen LogP contribution in [0.25, 0.3) is 0 Å². The monoisotopic (exact) mass is 357 g/mol. The molecule has 5 heteroatoms. The Morgan fingerprint density at radius 2 is 2.35 bits per heavy atom. The molecule has 1 aromatic carbocycles. The SMILES string of the molecule is O=C(O)[C@@]12CCC[C@H]1CN(Cc1ccc(Br)cc1Cl)C2. The summed E-state index contributed by atoms with van der Waals surface area (Å²) < 4.78 is 0.964. The average molecular weight is 359 g/mol. The van der Waals surface area contributed by atoms with Gasteiger partial charge in [0.25, 0.3) is 0 Å². The van der Waals surface area contributed by atoms with E-state index in [1.54, 1.807) is 0 Å². The fourth-order valence-corrected chi connectivity index (χ4v) is 4.49. The van der Waals surface area contributed by atoms with Gasteiger partial charge < -0.3 is 5.11 Å². The van der Waals surface area contributed by atoms with Crippen molar-refractivity contribution in [2.24, 2.45) is 11.3 Å². The minimum Gasteiger partial charge on any atom is -0.481 e. The molecule has 0 radical (unpaired) electrons. The van der Waals surface area contributed by atoms with Gasteiger partial charge in [-0.1, -0.05) is 40.0 Å². The number of carboxylic acid groups (broad SMARTS) is 1. The van der Waals surface area contributed by atoms with E-state index in [0.29, 0.717) is 12.5 Å². The predicted molar refractivity (Wildman–Crippen MR) is 81.8 cm³/mol. The fourth-order valence-electron chi connectivity index (χ4n) is 3.75. The molecule has 108 valence electrons. The van der Waals surface area contributed by atoms with Gasteiger partial charge in [0.05, 0.1) is 5.41 Å². The zero-order valence-corrected chi connectivity index (χ0v) is 13.5. The van der Waals surface area contributed by atoms with Crippen molar-refractivity contribution in [2.75, 3.05) is 13.1 Å². The average Bonchev–Trinajstić information content (AvgIpc) is 2.90. The van der Waals surface area contributed by atoms with Crippen LogP contribution in [0.5, 0.6) is 0 Å². The van der Waals surface area contributed by atoms with E-state index >= 15 is 0 Å². The van der Waals surface area contributed by atoms with Crippen molar-refractivity contribution in [3.05, 3.63) is 33.3 Å². The summed E-state index contributed by atoms with van der Waals surface area (Å²) in [6, 6.07) is 5.87. The van der Waals surface area contributed by atoms with E-state index in [1.165, 1.54) is 0 Å². The third kappa shape index (κ3) is 2.38. The van der Waals surface area contributed by atoms with Crippen LogP contribution in [0.4, 0.5) is 0 Å². The van der Waals surface area contributed by atoms with E-state index in [4.69, 9.17) is 11.6 Å². The molecule has 0 aromatic heterocycles. The number of halogens is 2. The second kappa shape index (κ2) is 5.32. The van der Waals surface area contributed by atoms with Crippen LogP contribution in [0.2, 0.25) is 5.02 Å². The molecule has 1 N–H and O–H groups in total. The van der Waals surface area contributed by atoms with Crippen molar-refractivity contribution in [3.8, 4) is 0 Å². The molecule has 1 heterocycles. The highest BCUT2D eigenvalue weighted by Crippen LogP contribution is 2.49. The Labute approximate surface area is 132 Å². The largest absolute Gasteiger partial charge is 0.481 e. The standard InChI is InChI=1S/C15H17BrClNO2/c16-12-4-3-10(13(17)6-12)7-18-8-11-2-1-5-15(11,9-18)14(19)20/h3-4,6,11H,1-2,5,7-9H2,(H,19,20)/t11-,15+/m0/s1. The summed E-state index contributed by atoms with van der Waals surface area (Å²) in [5, 5.41) is 10.3. The number of benzene rings is 1. The van der Waals surface area contributed by atoms with Crippen molar-refractivity contribution >= 4 is 33.5 Å². The van der Waals surface area contributed by atoms with E-state index in [0.717, 1.165) is 47.4 Å². The highest BCUT2D eigenvalue weighted by molar-refractivity contribution is 9.10. The summed E-state index contributed by atoms with van der Waals surface area (Å²) in [5.41, 5.74) is 0.553. The molecule has 2 atom stereocenters. The Bertz CT molecular complexity index is 551. The van der Waals surface area contributed by atoms with Gasteiger partial charge in [-0.3, -0.25) is 9.69 Å². The predicted octanol–water partition coefficient (Wildman–Crippen LogP) is 3.79. The molecule has 0 bridgehead atoms. The Hall–Kier alpha value is -0.580. The molecule has 1 aliphatic carbocycles. The zero-order chi connectivity index (χ0) is 14.3. The molecule has 2 fully saturated rings. The fraction of sp³-hybridized carbons (Fsp3) is 0.533. The minimum atomic E-state index is -0.621. The number of fused-ring (bicyclic) bond motifs is 1. The first kappa shape index (κ1) is 14.4. The van der Waals surface area contributed by atoms with Gasteiger partial charge in [-0.05, 0) is 36.5 Å². The van der Waals surface area contributed by atoms with E-state index in [1.807, 2.05) is 18.2 Å². The number of carboxylic acids is 1. The minimum absolute atomic E-state index is 0.300. The van der Waals surface area contributed by atoms with Crippen LogP contribution in [0.15, 0.2) is 22.7 Å². The summed E-state index contributed by atoms with van der Waals surface area (Å²) in [5.74, 6) is -0.321. The Morgan fingerprint density at radius 1 is 1.55 bits per heavy atom. The van der Waals surface area contributed by atoms with Crippen molar-refractivity contribution in [1.82, 2.24) is 4.90 Å². The number of carbonyl (C=O) groups is 1. The molecule has 0 unspecified atom stereocenters. The molecule has 0 amide bonds. The van der Waals surface area contributed by atoms with Gasteiger partial charge in [0.2, 0.25) is 0 Å². The van der Waals surface area contributed by atoms with Crippen LogP contribution < -0.4 is 0 Å². The number of aliphatic carboxylic acids is 1. The molecular formula is C15H17BrClNO2. The highest BCUT2D eigenvalue weighted by atomic mass is 79.9. The summed E-state index contributed by atoms with van der Waals surface area (Å²) in [7, 11) is 0. The van der Waals surface area contributed by atoms with Gasteiger partial charge in [-0.15, -0.1) is 0 Å². The lowest BCUT2D eigenvalue weighted by Gasteiger charge is -2.23. The molecular weight excluding hydrogens is 342 g/mol. The van der Waals surface area contributed by atoms with Crippen molar-refractivity contribution in [2.45, 2.75) is 25.8 Å². The smallest absolute Gasteiger partial charge is 0.311 e. The third-order valence-electron chi connectivity index (χ3n) is 4.78. The lowest BCUT2D eigenvalue weighted by molar-refractivity contribution is -0.149. The summed E-state index contributed by atoms with van der Waals surface area (Å²) in [6.45, 7) is 2.26. The quantitative estimate of drug-likeness (QED) is 0.893. The van der Waals surface area contributed by atoms with E-state index < -0.39 is 11.4 Å². The maximum atomic E-state index is 11.7. The molecule has 1 saturated carbocycles. The van der Waals surface area contributed by atoms with Crippen molar-refractivity contribution < 1.29 is 9.90 Å². The molecule has 0 spiro atoms.